The van der Waals surface area contributed by atoms with Gasteiger partial charge in [-0.1, -0.05) is 15.9 Å². The Kier molecular flexibility index (Phi) is 4.04. The largest absolute Gasteiger partial charge is 0.394 e. The molecule has 4 nitrogen and oxygen atoms in total. The van der Waals surface area contributed by atoms with Crippen LogP contribution in [0, 0.1) is 0 Å². The van der Waals surface area contributed by atoms with Crippen LogP contribution in [0.25, 0.3) is 0 Å². The van der Waals surface area contributed by atoms with Crippen molar-refractivity contribution in [3.05, 3.63) is 28.7 Å². The van der Waals surface area contributed by atoms with E-state index in [1.54, 1.807) is 4.90 Å². The van der Waals surface area contributed by atoms with Gasteiger partial charge in [0.1, 0.15) is 6.04 Å². The number of amides is 1. The van der Waals surface area contributed by atoms with Gasteiger partial charge >= 0.3 is 0 Å². The van der Waals surface area contributed by atoms with Crippen molar-refractivity contribution in [1.29, 1.82) is 0 Å². The number of anilines is 1. The normalized spacial score (nSPS) is 25.6. The molecule has 1 heterocycles. The molecule has 1 aliphatic rings. The third-order valence-electron chi connectivity index (χ3n) is 3.50. The van der Waals surface area contributed by atoms with E-state index in [1.807, 2.05) is 36.2 Å². The van der Waals surface area contributed by atoms with Crippen LogP contribution in [0.15, 0.2) is 28.7 Å². The highest BCUT2D eigenvalue weighted by molar-refractivity contribution is 9.10. The fraction of sp³-hybridized carbons (Fsp3) is 0.462. The van der Waals surface area contributed by atoms with Crippen LogP contribution >= 0.6 is 15.9 Å². The molecule has 2 atom stereocenters. The summed E-state index contributed by atoms with van der Waals surface area (Å²) in [6, 6.07) is 7.43. The first-order chi connectivity index (χ1) is 8.54. The molecule has 1 aliphatic heterocycles. The molecule has 1 amide bonds. The van der Waals surface area contributed by atoms with Gasteiger partial charge in [-0.25, -0.2) is 0 Å². The molecule has 0 saturated carbocycles. The smallest absolute Gasteiger partial charge is 0.246 e. The van der Waals surface area contributed by atoms with Gasteiger partial charge in [0.05, 0.1) is 6.61 Å². The topological polar surface area (TPSA) is 43.8 Å². The molecule has 0 spiro atoms. The summed E-state index contributed by atoms with van der Waals surface area (Å²) in [7, 11) is 1.88. The molecule has 0 aromatic heterocycles. The van der Waals surface area contributed by atoms with E-state index in [1.165, 1.54) is 0 Å². The Balaban J connectivity index is 2.28. The number of piperazine rings is 1. The molecule has 1 N–H and O–H groups in total. The summed E-state index contributed by atoms with van der Waals surface area (Å²) in [5.74, 6) is -0.0413. The summed E-state index contributed by atoms with van der Waals surface area (Å²) >= 11 is 3.38. The number of carbonyl (C=O) groups is 1. The fourth-order valence-corrected chi connectivity index (χ4v) is 2.47. The molecular weight excluding hydrogens is 296 g/mol. The Morgan fingerprint density at radius 2 is 2.00 bits per heavy atom. The molecule has 0 radical (unpaired) electrons. The molecule has 18 heavy (non-hydrogen) atoms. The van der Waals surface area contributed by atoms with Crippen molar-refractivity contribution in [2.75, 3.05) is 25.1 Å². The number of hydrogen-bond acceptors (Lipinski definition) is 3. The Morgan fingerprint density at radius 1 is 1.39 bits per heavy atom. The van der Waals surface area contributed by atoms with Crippen LogP contribution < -0.4 is 4.90 Å². The quantitative estimate of drug-likeness (QED) is 0.899. The van der Waals surface area contributed by atoms with Gasteiger partial charge in [0, 0.05) is 22.7 Å². The molecule has 0 aliphatic carbocycles. The second-order valence-electron chi connectivity index (χ2n) is 4.64. The van der Waals surface area contributed by atoms with E-state index in [4.69, 9.17) is 0 Å². The van der Waals surface area contributed by atoms with E-state index in [2.05, 4.69) is 22.9 Å². The number of halogens is 1. The molecule has 0 bridgehead atoms. The highest BCUT2D eigenvalue weighted by Gasteiger charge is 2.36. The van der Waals surface area contributed by atoms with Crippen molar-refractivity contribution in [2.24, 2.45) is 0 Å². The van der Waals surface area contributed by atoms with Crippen molar-refractivity contribution in [3.63, 3.8) is 0 Å². The van der Waals surface area contributed by atoms with E-state index in [-0.39, 0.29) is 18.6 Å². The molecule has 2 unspecified atom stereocenters. The Labute approximate surface area is 115 Å². The van der Waals surface area contributed by atoms with Crippen molar-refractivity contribution >= 4 is 27.5 Å². The number of hydrogen-bond donors (Lipinski definition) is 1. The number of carbonyl (C=O) groups excluding carboxylic acids is 1. The first kappa shape index (κ1) is 13.5. The summed E-state index contributed by atoms with van der Waals surface area (Å²) in [5.41, 5.74) is 0.876. The van der Waals surface area contributed by atoms with Crippen molar-refractivity contribution in [3.8, 4) is 0 Å². The molecule has 1 saturated heterocycles. The lowest BCUT2D eigenvalue weighted by Gasteiger charge is -2.42. The number of nitrogens with zero attached hydrogens (tertiary/aromatic N) is 2. The summed E-state index contributed by atoms with van der Waals surface area (Å²) in [5, 5.41) is 9.36. The summed E-state index contributed by atoms with van der Waals surface area (Å²) in [6.07, 6.45) is 0. The first-order valence-electron chi connectivity index (χ1n) is 5.94. The average molecular weight is 313 g/mol. The lowest BCUT2D eigenvalue weighted by Crippen LogP contribution is -2.61. The van der Waals surface area contributed by atoms with Gasteiger partial charge in [0.2, 0.25) is 5.91 Å². The second kappa shape index (κ2) is 5.38. The van der Waals surface area contributed by atoms with E-state index in [9.17, 15) is 9.90 Å². The van der Waals surface area contributed by atoms with Gasteiger partial charge < -0.3 is 10.0 Å². The third kappa shape index (κ3) is 2.43. The van der Waals surface area contributed by atoms with Crippen molar-refractivity contribution in [1.82, 2.24) is 4.90 Å². The van der Waals surface area contributed by atoms with Gasteiger partial charge in [-0.05, 0) is 38.2 Å². The minimum atomic E-state index is -0.447. The summed E-state index contributed by atoms with van der Waals surface area (Å²) in [6.45, 7) is 2.56. The van der Waals surface area contributed by atoms with E-state index in [0.29, 0.717) is 6.54 Å². The number of rotatable bonds is 2. The zero-order valence-corrected chi connectivity index (χ0v) is 12.1. The second-order valence-corrected chi connectivity index (χ2v) is 5.55. The lowest BCUT2D eigenvalue weighted by molar-refractivity contribution is -0.128. The molecule has 98 valence electrons. The van der Waals surface area contributed by atoms with E-state index < -0.39 is 6.04 Å². The molecule has 1 aromatic carbocycles. The fourth-order valence-electron chi connectivity index (χ4n) is 2.20. The predicted octanol–water partition coefficient (Wildman–Crippen LogP) is 1.48. The van der Waals surface area contributed by atoms with Crippen molar-refractivity contribution < 1.29 is 9.90 Å². The molecule has 1 aromatic rings. The average Bonchev–Trinajstić information content (AvgIpc) is 2.36. The zero-order valence-electron chi connectivity index (χ0n) is 10.5. The molecule has 2 rings (SSSR count). The van der Waals surface area contributed by atoms with Gasteiger partial charge in [-0.3, -0.25) is 9.69 Å². The summed E-state index contributed by atoms with van der Waals surface area (Å²) < 4.78 is 0.986. The van der Waals surface area contributed by atoms with Crippen LogP contribution in [0.4, 0.5) is 5.69 Å². The van der Waals surface area contributed by atoms with Crippen LogP contribution in [-0.4, -0.2) is 48.2 Å². The standard InChI is InChI=1S/C13H17BrN2O2/c1-9-7-16(11-5-3-10(14)4-6-11)13(18)12(8-17)15(9)2/h3-6,9,12,17H,7-8H2,1-2H3. The van der Waals surface area contributed by atoms with Gasteiger partial charge in [-0.2, -0.15) is 0 Å². The molecule has 1 fully saturated rings. The SMILES string of the molecule is CC1CN(c2ccc(Br)cc2)C(=O)C(CO)N1C. The first-order valence-corrected chi connectivity index (χ1v) is 6.73. The number of aliphatic hydroxyl groups excluding tert-OH is 1. The Morgan fingerprint density at radius 3 is 2.56 bits per heavy atom. The molecular formula is C13H17BrN2O2. The maximum absolute atomic E-state index is 12.3. The highest BCUT2D eigenvalue weighted by Crippen LogP contribution is 2.24. The maximum atomic E-state index is 12.3. The van der Waals surface area contributed by atoms with Crippen LogP contribution in [0.5, 0.6) is 0 Å². The minimum absolute atomic E-state index is 0.0413. The highest BCUT2D eigenvalue weighted by atomic mass is 79.9. The van der Waals surface area contributed by atoms with Crippen LogP contribution in [0.1, 0.15) is 6.92 Å². The van der Waals surface area contributed by atoms with Crippen LogP contribution in [0.2, 0.25) is 0 Å². The zero-order chi connectivity index (χ0) is 13.3. The van der Waals surface area contributed by atoms with Crippen LogP contribution in [0.3, 0.4) is 0 Å². The van der Waals surface area contributed by atoms with Gasteiger partial charge in [0.15, 0.2) is 0 Å². The van der Waals surface area contributed by atoms with Crippen molar-refractivity contribution in [2.45, 2.75) is 19.0 Å². The predicted molar refractivity (Wildman–Crippen MR) is 74.6 cm³/mol. The lowest BCUT2D eigenvalue weighted by atomic mass is 10.1. The monoisotopic (exact) mass is 312 g/mol. The maximum Gasteiger partial charge on any atom is 0.246 e. The Hall–Kier alpha value is -0.910. The van der Waals surface area contributed by atoms with Gasteiger partial charge in [0.25, 0.3) is 0 Å². The van der Waals surface area contributed by atoms with E-state index in [0.717, 1.165) is 10.2 Å². The third-order valence-corrected chi connectivity index (χ3v) is 4.02. The number of benzene rings is 1. The molecule has 5 heteroatoms. The minimum Gasteiger partial charge on any atom is -0.394 e. The number of likely N-dealkylation sites (N-methyl/N-ethyl adjacent to an activating group) is 1. The summed E-state index contributed by atoms with van der Waals surface area (Å²) in [4.78, 5) is 16.0. The Bertz CT molecular complexity index is 435. The van der Waals surface area contributed by atoms with Gasteiger partial charge in [-0.15, -0.1) is 0 Å². The van der Waals surface area contributed by atoms with Crippen LogP contribution in [-0.2, 0) is 4.79 Å². The van der Waals surface area contributed by atoms with E-state index >= 15 is 0 Å². The number of aliphatic hydroxyl groups is 1.